The second kappa shape index (κ2) is 6.21. The van der Waals surface area contributed by atoms with Crippen LogP contribution in [0, 0.1) is 6.92 Å². The summed E-state index contributed by atoms with van der Waals surface area (Å²) in [5.41, 5.74) is 2.68. The smallest absolute Gasteiger partial charge is 0.0945 e. The van der Waals surface area contributed by atoms with E-state index in [1.54, 1.807) is 0 Å². The molecule has 92 valence electrons. The molecule has 1 aromatic carbocycles. The number of nitrogens with one attached hydrogen (secondary N) is 1. The van der Waals surface area contributed by atoms with E-state index in [9.17, 15) is 0 Å². The van der Waals surface area contributed by atoms with E-state index in [1.165, 1.54) is 11.1 Å². The van der Waals surface area contributed by atoms with Gasteiger partial charge in [-0.1, -0.05) is 29.8 Å². The van der Waals surface area contributed by atoms with Crippen molar-refractivity contribution in [3.05, 3.63) is 54.1 Å². The molecule has 2 rings (SSSR count). The summed E-state index contributed by atoms with van der Waals surface area (Å²) in [6.45, 7) is 5.14. The van der Waals surface area contributed by atoms with Crippen LogP contribution in [0.4, 0.5) is 0 Å². The number of rotatable bonds is 6. The highest BCUT2D eigenvalue weighted by Crippen LogP contribution is 2.03. The number of nitrogens with zero attached hydrogens (tertiary/aromatic N) is 2. The Balaban J connectivity index is 0.00000162. The molecule has 0 bridgehead atoms. The Labute approximate surface area is 104 Å². The van der Waals surface area contributed by atoms with Crippen molar-refractivity contribution in [3.63, 3.8) is 0 Å². The lowest BCUT2D eigenvalue weighted by Gasteiger charge is -2.06. The molecule has 0 aliphatic carbocycles. The van der Waals surface area contributed by atoms with Gasteiger partial charge in [0.1, 0.15) is 0 Å². The van der Waals surface area contributed by atoms with Gasteiger partial charge < -0.3 is 9.88 Å². The third kappa shape index (κ3) is 4.04. The zero-order valence-corrected chi connectivity index (χ0v) is 10.3. The fourth-order valence-corrected chi connectivity index (χ4v) is 1.86. The van der Waals surface area contributed by atoms with E-state index >= 15 is 0 Å². The molecule has 3 nitrogen and oxygen atoms in total. The van der Waals surface area contributed by atoms with Crippen LogP contribution < -0.4 is 5.32 Å². The first-order chi connectivity index (χ1) is 8.34. The quantitative estimate of drug-likeness (QED) is 0.774. The molecule has 2 aromatic rings. The third-order valence-corrected chi connectivity index (χ3v) is 2.74. The molecule has 17 heavy (non-hydrogen) atoms. The molecule has 0 unspecified atom stereocenters. The highest BCUT2D eigenvalue weighted by atomic mass is 15.0. The van der Waals surface area contributed by atoms with Gasteiger partial charge in [-0.2, -0.15) is 0 Å². The van der Waals surface area contributed by atoms with Gasteiger partial charge in [0.2, 0.25) is 0 Å². The maximum Gasteiger partial charge on any atom is 0.0945 e. The van der Waals surface area contributed by atoms with Crippen molar-refractivity contribution in [1.29, 1.82) is 0 Å². The van der Waals surface area contributed by atoms with Gasteiger partial charge in [-0.25, -0.2) is 4.98 Å². The minimum atomic E-state index is 0. The molecule has 0 saturated carbocycles. The number of hydrogen-bond acceptors (Lipinski definition) is 2. The van der Waals surface area contributed by atoms with Crippen LogP contribution in [0.1, 0.15) is 19.0 Å². The summed E-state index contributed by atoms with van der Waals surface area (Å²) in [4.78, 5) is 4.02. The summed E-state index contributed by atoms with van der Waals surface area (Å²) in [6, 6.07) is 8.62. The maximum absolute atomic E-state index is 4.02. The van der Waals surface area contributed by atoms with Crippen molar-refractivity contribution in [2.45, 2.75) is 26.4 Å². The first kappa shape index (κ1) is 11.9. The van der Waals surface area contributed by atoms with Gasteiger partial charge in [0.05, 0.1) is 6.33 Å². The summed E-state index contributed by atoms with van der Waals surface area (Å²) in [7, 11) is 0. The van der Waals surface area contributed by atoms with Crippen molar-refractivity contribution in [2.75, 3.05) is 6.54 Å². The van der Waals surface area contributed by atoms with Gasteiger partial charge in [0.15, 0.2) is 0 Å². The summed E-state index contributed by atoms with van der Waals surface area (Å²) >= 11 is 0. The predicted octanol–water partition coefficient (Wildman–Crippen LogP) is 2.62. The predicted molar refractivity (Wildman–Crippen MR) is 71.8 cm³/mol. The van der Waals surface area contributed by atoms with Crippen molar-refractivity contribution in [1.82, 2.24) is 14.9 Å². The van der Waals surface area contributed by atoms with Crippen molar-refractivity contribution < 1.29 is 1.43 Å². The monoisotopic (exact) mass is 231 g/mol. The molecule has 1 aromatic heterocycles. The molecule has 0 atom stereocenters. The standard InChI is InChI=1S/C14H19N3.H2/c1-13-4-2-5-14(10-13)11-15-6-3-8-17-9-7-16-12-17;/h2,4-5,7,9-10,12,15H,3,6,8,11H2,1H3;1H. The third-order valence-electron chi connectivity index (χ3n) is 2.74. The molecule has 3 heteroatoms. The summed E-state index contributed by atoms with van der Waals surface area (Å²) in [5, 5.41) is 3.46. The zero-order chi connectivity index (χ0) is 11.9. The second-order valence-corrected chi connectivity index (χ2v) is 4.32. The van der Waals surface area contributed by atoms with Crippen LogP contribution in [-0.2, 0) is 13.1 Å². The molecule has 0 amide bonds. The van der Waals surface area contributed by atoms with Crippen LogP contribution in [0.5, 0.6) is 0 Å². The summed E-state index contributed by atoms with van der Waals surface area (Å²) in [6.07, 6.45) is 6.81. The topological polar surface area (TPSA) is 29.9 Å². The highest BCUT2D eigenvalue weighted by molar-refractivity contribution is 5.21. The Kier molecular flexibility index (Phi) is 4.33. The summed E-state index contributed by atoms with van der Waals surface area (Å²) in [5.74, 6) is 0. The Bertz CT molecular complexity index is 440. The molecule has 0 aliphatic rings. The largest absolute Gasteiger partial charge is 0.337 e. The van der Waals surface area contributed by atoms with E-state index in [-0.39, 0.29) is 1.43 Å². The van der Waals surface area contributed by atoms with Gasteiger partial charge in [-0.3, -0.25) is 0 Å². The van der Waals surface area contributed by atoms with Gasteiger partial charge >= 0.3 is 0 Å². The van der Waals surface area contributed by atoms with Crippen LogP contribution in [0.2, 0.25) is 0 Å². The lowest BCUT2D eigenvalue weighted by atomic mass is 10.1. The normalized spacial score (nSPS) is 10.6. The average molecular weight is 231 g/mol. The zero-order valence-electron chi connectivity index (χ0n) is 10.3. The number of aromatic nitrogens is 2. The van der Waals surface area contributed by atoms with Gasteiger partial charge in [-0.15, -0.1) is 0 Å². The Morgan fingerprint density at radius 1 is 1.41 bits per heavy atom. The molecule has 0 radical (unpaired) electrons. The Morgan fingerprint density at radius 2 is 2.35 bits per heavy atom. The van der Waals surface area contributed by atoms with E-state index < -0.39 is 0 Å². The fraction of sp³-hybridized carbons (Fsp3) is 0.357. The maximum atomic E-state index is 4.02. The van der Waals surface area contributed by atoms with Gasteiger partial charge in [0, 0.05) is 26.9 Å². The number of aryl methyl sites for hydroxylation is 2. The van der Waals surface area contributed by atoms with Crippen LogP contribution in [0.25, 0.3) is 0 Å². The lowest BCUT2D eigenvalue weighted by Crippen LogP contribution is -2.16. The average Bonchev–Trinajstić information content (AvgIpc) is 2.82. The molecule has 1 heterocycles. The minimum Gasteiger partial charge on any atom is -0.337 e. The highest BCUT2D eigenvalue weighted by Gasteiger charge is 1.93. The molecule has 0 saturated heterocycles. The lowest BCUT2D eigenvalue weighted by molar-refractivity contribution is 0.580. The van der Waals surface area contributed by atoms with E-state index in [0.717, 1.165) is 26.1 Å². The van der Waals surface area contributed by atoms with Gasteiger partial charge in [0.25, 0.3) is 0 Å². The Morgan fingerprint density at radius 3 is 3.12 bits per heavy atom. The molecular weight excluding hydrogens is 210 g/mol. The molecule has 0 fully saturated rings. The van der Waals surface area contributed by atoms with Crippen molar-refractivity contribution in [3.8, 4) is 0 Å². The fourth-order valence-electron chi connectivity index (χ4n) is 1.86. The van der Waals surface area contributed by atoms with Crippen LogP contribution in [-0.4, -0.2) is 16.1 Å². The van der Waals surface area contributed by atoms with E-state index in [0.29, 0.717) is 0 Å². The molecule has 0 aliphatic heterocycles. The SMILES string of the molecule is Cc1cccc(CNCCCn2ccnc2)c1.[HH]. The number of benzene rings is 1. The van der Waals surface area contributed by atoms with Crippen molar-refractivity contribution >= 4 is 0 Å². The molecular formula is C14H21N3. The van der Waals surface area contributed by atoms with Crippen LogP contribution in [0.15, 0.2) is 43.0 Å². The van der Waals surface area contributed by atoms with E-state index in [1.807, 2.05) is 18.7 Å². The van der Waals surface area contributed by atoms with Crippen LogP contribution in [0.3, 0.4) is 0 Å². The first-order valence-corrected chi connectivity index (χ1v) is 6.06. The molecule has 1 N–H and O–H groups in total. The van der Waals surface area contributed by atoms with Crippen molar-refractivity contribution in [2.24, 2.45) is 0 Å². The van der Waals surface area contributed by atoms with Gasteiger partial charge in [-0.05, 0) is 25.5 Å². The number of hydrogen-bond donors (Lipinski definition) is 1. The van der Waals surface area contributed by atoms with Crippen LogP contribution >= 0.6 is 0 Å². The summed E-state index contributed by atoms with van der Waals surface area (Å²) < 4.78 is 2.11. The number of imidazole rings is 1. The second-order valence-electron chi connectivity index (χ2n) is 4.32. The first-order valence-electron chi connectivity index (χ1n) is 6.06. The minimum absolute atomic E-state index is 0. The molecule has 0 spiro atoms. The Hall–Kier alpha value is -1.61. The van der Waals surface area contributed by atoms with E-state index in [4.69, 9.17) is 0 Å². The van der Waals surface area contributed by atoms with E-state index in [2.05, 4.69) is 46.1 Å².